The van der Waals surface area contributed by atoms with E-state index >= 15 is 0 Å². The van der Waals surface area contributed by atoms with Crippen molar-refractivity contribution in [1.82, 2.24) is 19.6 Å². The molecule has 0 aliphatic carbocycles. The summed E-state index contributed by atoms with van der Waals surface area (Å²) < 4.78 is 8.95. The maximum absolute atomic E-state index is 12.9. The minimum absolute atomic E-state index is 0.0315. The highest BCUT2D eigenvalue weighted by atomic mass is 32.2. The van der Waals surface area contributed by atoms with E-state index in [-0.39, 0.29) is 33.5 Å². The summed E-state index contributed by atoms with van der Waals surface area (Å²) in [7, 11) is 1.78. The zero-order valence-electron chi connectivity index (χ0n) is 19.8. The molecule has 0 spiro atoms. The lowest BCUT2D eigenvalue weighted by Crippen LogP contribution is -2.23. The molecule has 0 bridgehead atoms. The van der Waals surface area contributed by atoms with Crippen LogP contribution in [0.15, 0.2) is 69.0 Å². The molecule has 0 radical (unpaired) electrons. The van der Waals surface area contributed by atoms with E-state index in [1.54, 1.807) is 18.7 Å². The van der Waals surface area contributed by atoms with Gasteiger partial charge in [-0.15, -0.1) is 10.2 Å². The predicted octanol–water partition coefficient (Wildman–Crippen LogP) is 4.56. The molecule has 4 aromatic rings. The van der Waals surface area contributed by atoms with Crippen LogP contribution in [0, 0.1) is 6.92 Å². The van der Waals surface area contributed by atoms with Gasteiger partial charge in [0.25, 0.3) is 10.8 Å². The van der Waals surface area contributed by atoms with Gasteiger partial charge in [-0.3, -0.25) is 14.3 Å². The summed E-state index contributed by atoms with van der Waals surface area (Å²) in [5.74, 6) is 0.0993. The SMILES string of the molecule is Cc1c(NC(=O)CSc2nnc(-c3ccc(C(C)(C)C)cc3)o2)c(=O)n(-c2ccccc2)n1C. The van der Waals surface area contributed by atoms with Gasteiger partial charge in [-0.05, 0) is 42.2 Å². The monoisotopic (exact) mass is 477 g/mol. The zero-order valence-corrected chi connectivity index (χ0v) is 20.6. The second-order valence-electron chi connectivity index (χ2n) is 8.97. The van der Waals surface area contributed by atoms with E-state index in [4.69, 9.17) is 4.42 Å². The van der Waals surface area contributed by atoms with Gasteiger partial charge in [0, 0.05) is 12.6 Å². The molecule has 9 heteroatoms. The number of aromatic nitrogens is 4. The lowest BCUT2D eigenvalue weighted by atomic mass is 9.87. The number of amides is 1. The van der Waals surface area contributed by atoms with E-state index in [1.807, 2.05) is 54.6 Å². The number of thioether (sulfide) groups is 1. The Kier molecular flexibility index (Phi) is 6.47. The van der Waals surface area contributed by atoms with Gasteiger partial charge in [-0.1, -0.05) is 62.9 Å². The first-order chi connectivity index (χ1) is 16.1. The van der Waals surface area contributed by atoms with E-state index < -0.39 is 0 Å². The van der Waals surface area contributed by atoms with Crippen molar-refractivity contribution in [1.29, 1.82) is 0 Å². The summed E-state index contributed by atoms with van der Waals surface area (Å²) >= 11 is 1.12. The summed E-state index contributed by atoms with van der Waals surface area (Å²) in [6, 6.07) is 17.3. The normalized spacial score (nSPS) is 11.6. The number of anilines is 1. The fourth-order valence-electron chi connectivity index (χ4n) is 3.51. The molecule has 0 saturated heterocycles. The quantitative estimate of drug-likeness (QED) is 0.409. The predicted molar refractivity (Wildman–Crippen MR) is 134 cm³/mol. The van der Waals surface area contributed by atoms with Crippen molar-refractivity contribution in [3.05, 3.63) is 76.2 Å². The Morgan fingerprint density at radius 3 is 2.38 bits per heavy atom. The molecule has 2 aromatic carbocycles. The Morgan fingerprint density at radius 1 is 1.06 bits per heavy atom. The fourth-order valence-corrected chi connectivity index (χ4v) is 4.08. The molecule has 0 unspecified atom stereocenters. The van der Waals surface area contributed by atoms with Crippen LogP contribution in [0.2, 0.25) is 0 Å². The van der Waals surface area contributed by atoms with Crippen LogP contribution in [-0.4, -0.2) is 31.2 Å². The van der Waals surface area contributed by atoms with Crippen molar-refractivity contribution in [3.8, 4) is 17.1 Å². The van der Waals surface area contributed by atoms with Crippen LogP contribution in [0.25, 0.3) is 17.1 Å². The Labute approximate surface area is 202 Å². The minimum Gasteiger partial charge on any atom is -0.411 e. The van der Waals surface area contributed by atoms with Crippen LogP contribution in [0.1, 0.15) is 32.0 Å². The largest absolute Gasteiger partial charge is 0.411 e. The molecule has 1 amide bonds. The zero-order chi connectivity index (χ0) is 24.5. The lowest BCUT2D eigenvalue weighted by Gasteiger charge is -2.18. The molecule has 0 aliphatic rings. The number of hydrogen-bond donors (Lipinski definition) is 1. The van der Waals surface area contributed by atoms with Crippen molar-refractivity contribution in [2.75, 3.05) is 11.1 Å². The first kappa shape index (κ1) is 23.6. The van der Waals surface area contributed by atoms with Crippen molar-refractivity contribution in [2.45, 2.75) is 38.3 Å². The lowest BCUT2D eigenvalue weighted by molar-refractivity contribution is -0.113. The number of benzene rings is 2. The highest BCUT2D eigenvalue weighted by Gasteiger charge is 2.19. The van der Waals surface area contributed by atoms with Gasteiger partial charge >= 0.3 is 0 Å². The van der Waals surface area contributed by atoms with E-state index in [0.717, 1.165) is 23.0 Å². The number of hydrogen-bond acceptors (Lipinski definition) is 6. The first-order valence-electron chi connectivity index (χ1n) is 10.9. The topological polar surface area (TPSA) is 95.0 Å². The molecule has 1 N–H and O–H groups in total. The molecule has 2 aromatic heterocycles. The average molecular weight is 478 g/mol. The number of nitrogens with zero attached hydrogens (tertiary/aromatic N) is 4. The molecular formula is C25H27N5O3S. The van der Waals surface area contributed by atoms with Crippen LogP contribution in [0.5, 0.6) is 0 Å². The van der Waals surface area contributed by atoms with E-state index in [9.17, 15) is 9.59 Å². The Balaban J connectivity index is 1.42. The third kappa shape index (κ3) is 4.84. The number of carbonyl (C=O) groups is 1. The maximum atomic E-state index is 12.9. The van der Waals surface area contributed by atoms with Gasteiger partial charge in [0.15, 0.2) is 0 Å². The molecule has 0 saturated carbocycles. The Hall–Kier alpha value is -3.59. The van der Waals surface area contributed by atoms with Crippen LogP contribution in [-0.2, 0) is 17.3 Å². The Morgan fingerprint density at radius 2 is 1.74 bits per heavy atom. The van der Waals surface area contributed by atoms with Gasteiger partial charge < -0.3 is 9.73 Å². The maximum Gasteiger partial charge on any atom is 0.295 e. The smallest absolute Gasteiger partial charge is 0.295 e. The summed E-state index contributed by atoms with van der Waals surface area (Å²) in [5.41, 5.74) is 3.43. The molecule has 4 rings (SSSR count). The minimum atomic E-state index is -0.328. The van der Waals surface area contributed by atoms with Crippen molar-refractivity contribution in [2.24, 2.45) is 7.05 Å². The second-order valence-corrected chi connectivity index (χ2v) is 9.90. The number of para-hydroxylation sites is 1. The molecule has 0 fully saturated rings. The highest BCUT2D eigenvalue weighted by Crippen LogP contribution is 2.27. The fraction of sp³-hybridized carbons (Fsp3) is 0.280. The summed E-state index contributed by atoms with van der Waals surface area (Å²) in [6.45, 7) is 8.26. The van der Waals surface area contributed by atoms with Crippen molar-refractivity contribution >= 4 is 23.4 Å². The van der Waals surface area contributed by atoms with Gasteiger partial charge in [-0.2, -0.15) is 0 Å². The van der Waals surface area contributed by atoms with Crippen molar-refractivity contribution in [3.63, 3.8) is 0 Å². The molecule has 0 atom stereocenters. The molecule has 176 valence electrons. The Bertz CT molecular complexity index is 1360. The summed E-state index contributed by atoms with van der Waals surface area (Å²) in [6.07, 6.45) is 0. The number of rotatable bonds is 6. The van der Waals surface area contributed by atoms with Gasteiger partial charge in [0.05, 0.1) is 17.1 Å². The standard InChI is InChI=1S/C25H27N5O3S/c1-16-21(23(32)30(29(16)5)19-9-7-6-8-10-19)26-20(31)15-34-24-28-27-22(33-24)17-11-13-18(14-12-17)25(2,3)4/h6-14H,15H2,1-5H3,(H,26,31). The van der Waals surface area contributed by atoms with E-state index in [1.165, 1.54) is 10.2 Å². The van der Waals surface area contributed by atoms with E-state index in [2.05, 4.69) is 36.3 Å². The van der Waals surface area contributed by atoms with Gasteiger partial charge in [-0.25, -0.2) is 4.68 Å². The number of nitrogens with one attached hydrogen (secondary N) is 1. The van der Waals surface area contributed by atoms with Crippen LogP contribution < -0.4 is 10.9 Å². The van der Waals surface area contributed by atoms with E-state index in [0.29, 0.717) is 11.6 Å². The third-order valence-corrected chi connectivity index (χ3v) is 6.37. The van der Waals surface area contributed by atoms with Gasteiger partial charge in [0.1, 0.15) is 5.69 Å². The molecule has 34 heavy (non-hydrogen) atoms. The second kappa shape index (κ2) is 9.34. The highest BCUT2D eigenvalue weighted by molar-refractivity contribution is 7.99. The van der Waals surface area contributed by atoms with Crippen LogP contribution in [0.3, 0.4) is 0 Å². The summed E-state index contributed by atoms with van der Waals surface area (Å²) in [4.78, 5) is 25.5. The molecule has 8 nitrogen and oxygen atoms in total. The third-order valence-electron chi connectivity index (χ3n) is 5.55. The molecule has 0 aliphatic heterocycles. The first-order valence-corrected chi connectivity index (χ1v) is 11.8. The number of carbonyl (C=O) groups excluding carboxylic acids is 1. The van der Waals surface area contributed by atoms with Crippen LogP contribution in [0.4, 0.5) is 5.69 Å². The average Bonchev–Trinajstić information content (AvgIpc) is 3.37. The summed E-state index contributed by atoms with van der Waals surface area (Å²) in [5, 5.41) is 11.1. The molecular weight excluding hydrogens is 450 g/mol. The van der Waals surface area contributed by atoms with Crippen LogP contribution >= 0.6 is 11.8 Å². The van der Waals surface area contributed by atoms with Crippen molar-refractivity contribution < 1.29 is 9.21 Å². The molecule has 2 heterocycles. The van der Waals surface area contributed by atoms with Gasteiger partial charge in [0.2, 0.25) is 11.8 Å².